The van der Waals surface area contributed by atoms with Crippen molar-refractivity contribution < 1.29 is 0 Å². The van der Waals surface area contributed by atoms with Gasteiger partial charge in [0.2, 0.25) is 5.56 Å². The lowest BCUT2D eigenvalue weighted by Crippen LogP contribution is -2.40. The van der Waals surface area contributed by atoms with Gasteiger partial charge in [0.25, 0.3) is 0 Å². The molecule has 2 heterocycles. The first-order valence-electron chi connectivity index (χ1n) is 9.29. The number of likely N-dealkylation sites (tertiary alicyclic amines) is 1. The Morgan fingerprint density at radius 2 is 2.00 bits per heavy atom. The highest BCUT2D eigenvalue weighted by atomic mass is 16.1. The van der Waals surface area contributed by atoms with Crippen LogP contribution in [0.25, 0.3) is 0 Å². The Balaban J connectivity index is 1.74. The van der Waals surface area contributed by atoms with Crippen molar-refractivity contribution in [3.63, 3.8) is 0 Å². The van der Waals surface area contributed by atoms with E-state index in [1.807, 2.05) is 0 Å². The molecule has 1 atom stereocenters. The van der Waals surface area contributed by atoms with Crippen LogP contribution in [0, 0.1) is 0 Å². The van der Waals surface area contributed by atoms with E-state index in [0.29, 0.717) is 12.0 Å². The fourth-order valence-corrected chi connectivity index (χ4v) is 3.72. The van der Waals surface area contributed by atoms with Gasteiger partial charge in [-0.2, -0.15) is 0 Å². The standard InChI is InChI=1S/C19H33N3O/c1-4-21(5-2)12-6-7-16(3)22-13-9-17(10-14-22)18-8-11-20-19(23)15-18/h8,11,15-17H,4-7,9-10,12-14H2,1-3H3,(H,20,23). The van der Waals surface area contributed by atoms with Crippen LogP contribution in [-0.2, 0) is 0 Å². The molecule has 0 aliphatic carbocycles. The molecule has 1 aliphatic rings. The van der Waals surface area contributed by atoms with Crippen LogP contribution < -0.4 is 5.56 Å². The summed E-state index contributed by atoms with van der Waals surface area (Å²) < 4.78 is 0. The fraction of sp³-hybridized carbons (Fsp3) is 0.737. The summed E-state index contributed by atoms with van der Waals surface area (Å²) in [4.78, 5) is 19.3. The predicted octanol–water partition coefficient (Wildman–Crippen LogP) is 3.06. The number of aromatic nitrogens is 1. The first-order chi connectivity index (χ1) is 11.1. The van der Waals surface area contributed by atoms with Crippen molar-refractivity contribution in [2.24, 2.45) is 0 Å². The topological polar surface area (TPSA) is 39.3 Å². The average molecular weight is 319 g/mol. The van der Waals surface area contributed by atoms with E-state index in [2.05, 4.69) is 41.6 Å². The normalized spacial score (nSPS) is 18.4. The summed E-state index contributed by atoms with van der Waals surface area (Å²) >= 11 is 0. The number of aromatic amines is 1. The highest BCUT2D eigenvalue weighted by Gasteiger charge is 2.23. The van der Waals surface area contributed by atoms with E-state index in [0.717, 1.165) is 26.2 Å². The molecule has 4 heteroatoms. The van der Waals surface area contributed by atoms with E-state index in [1.54, 1.807) is 12.3 Å². The Morgan fingerprint density at radius 3 is 2.61 bits per heavy atom. The number of nitrogens with one attached hydrogen (secondary N) is 1. The van der Waals surface area contributed by atoms with E-state index in [4.69, 9.17) is 0 Å². The van der Waals surface area contributed by atoms with Crippen LogP contribution in [0.3, 0.4) is 0 Å². The fourth-order valence-electron chi connectivity index (χ4n) is 3.72. The Labute approximate surface area is 140 Å². The van der Waals surface area contributed by atoms with Gasteiger partial charge in [0.1, 0.15) is 0 Å². The van der Waals surface area contributed by atoms with Gasteiger partial charge in [-0.1, -0.05) is 13.8 Å². The smallest absolute Gasteiger partial charge is 0.248 e. The predicted molar refractivity (Wildman–Crippen MR) is 97.1 cm³/mol. The summed E-state index contributed by atoms with van der Waals surface area (Å²) in [6, 6.07) is 4.51. The van der Waals surface area contributed by atoms with Gasteiger partial charge in [-0.15, -0.1) is 0 Å². The Kier molecular flexibility index (Phi) is 7.31. The molecule has 1 unspecified atom stereocenters. The maximum absolute atomic E-state index is 11.5. The van der Waals surface area contributed by atoms with Gasteiger partial charge in [0.15, 0.2) is 0 Å². The molecule has 0 bridgehead atoms. The second kappa shape index (κ2) is 9.24. The molecule has 1 saturated heterocycles. The molecule has 0 spiro atoms. The highest BCUT2D eigenvalue weighted by molar-refractivity contribution is 5.16. The summed E-state index contributed by atoms with van der Waals surface area (Å²) in [6.07, 6.45) is 6.69. The molecule has 1 aromatic heterocycles. The van der Waals surface area contributed by atoms with Gasteiger partial charge in [0.05, 0.1) is 0 Å². The third kappa shape index (κ3) is 5.47. The Hall–Kier alpha value is -1.13. The minimum Gasteiger partial charge on any atom is -0.329 e. The second-order valence-corrected chi connectivity index (χ2v) is 6.81. The number of hydrogen-bond donors (Lipinski definition) is 1. The molecule has 1 aliphatic heterocycles. The number of H-pyrrole nitrogens is 1. The molecule has 1 N–H and O–H groups in total. The van der Waals surface area contributed by atoms with E-state index < -0.39 is 0 Å². The molecule has 0 amide bonds. The summed E-state index contributed by atoms with van der Waals surface area (Å²) in [5, 5.41) is 0. The molecule has 23 heavy (non-hydrogen) atoms. The monoisotopic (exact) mass is 319 g/mol. The van der Waals surface area contributed by atoms with Gasteiger partial charge >= 0.3 is 0 Å². The lowest BCUT2D eigenvalue weighted by molar-refractivity contribution is 0.149. The van der Waals surface area contributed by atoms with Crippen molar-refractivity contribution >= 4 is 0 Å². The largest absolute Gasteiger partial charge is 0.329 e. The summed E-state index contributed by atoms with van der Waals surface area (Å²) in [7, 11) is 0. The van der Waals surface area contributed by atoms with Crippen LogP contribution in [0.15, 0.2) is 23.1 Å². The first kappa shape index (κ1) is 18.2. The summed E-state index contributed by atoms with van der Waals surface area (Å²) in [5.41, 5.74) is 1.23. The van der Waals surface area contributed by atoms with E-state index >= 15 is 0 Å². The summed E-state index contributed by atoms with van der Waals surface area (Å²) in [5.74, 6) is 0.552. The number of hydrogen-bond acceptors (Lipinski definition) is 3. The SMILES string of the molecule is CCN(CC)CCCC(C)N1CCC(c2cc[nH]c(=O)c2)CC1. The second-order valence-electron chi connectivity index (χ2n) is 6.81. The van der Waals surface area contributed by atoms with Gasteiger partial charge in [-0.3, -0.25) is 4.79 Å². The van der Waals surface area contributed by atoms with Crippen molar-refractivity contribution in [3.8, 4) is 0 Å². The molecule has 0 radical (unpaired) electrons. The molecule has 130 valence electrons. The molecular weight excluding hydrogens is 286 g/mol. The Morgan fingerprint density at radius 1 is 1.30 bits per heavy atom. The van der Waals surface area contributed by atoms with Crippen LogP contribution in [0.1, 0.15) is 57.9 Å². The van der Waals surface area contributed by atoms with Crippen LogP contribution in [0.5, 0.6) is 0 Å². The van der Waals surface area contributed by atoms with E-state index in [1.165, 1.54) is 37.8 Å². The van der Waals surface area contributed by atoms with Gasteiger partial charge < -0.3 is 14.8 Å². The minimum atomic E-state index is 0.0229. The van der Waals surface area contributed by atoms with Gasteiger partial charge in [0, 0.05) is 18.3 Å². The average Bonchev–Trinajstić information content (AvgIpc) is 2.59. The number of nitrogens with zero attached hydrogens (tertiary/aromatic N) is 2. The number of piperidine rings is 1. The van der Waals surface area contributed by atoms with Crippen LogP contribution in [0.4, 0.5) is 0 Å². The number of pyridine rings is 1. The minimum absolute atomic E-state index is 0.0229. The highest BCUT2D eigenvalue weighted by Crippen LogP contribution is 2.28. The van der Waals surface area contributed by atoms with Crippen molar-refractivity contribution in [3.05, 3.63) is 34.2 Å². The zero-order valence-corrected chi connectivity index (χ0v) is 15.1. The van der Waals surface area contributed by atoms with Crippen molar-refractivity contribution in [1.82, 2.24) is 14.8 Å². The molecule has 2 rings (SSSR count). The van der Waals surface area contributed by atoms with E-state index in [9.17, 15) is 4.79 Å². The third-order valence-corrected chi connectivity index (χ3v) is 5.41. The molecule has 0 aromatic carbocycles. The first-order valence-corrected chi connectivity index (χ1v) is 9.29. The molecule has 1 fully saturated rings. The maximum Gasteiger partial charge on any atom is 0.248 e. The third-order valence-electron chi connectivity index (χ3n) is 5.41. The zero-order valence-electron chi connectivity index (χ0n) is 15.1. The van der Waals surface area contributed by atoms with Crippen LogP contribution in [-0.4, -0.2) is 53.5 Å². The van der Waals surface area contributed by atoms with Gasteiger partial charge in [-0.05, 0) is 82.9 Å². The van der Waals surface area contributed by atoms with E-state index in [-0.39, 0.29) is 5.56 Å². The van der Waals surface area contributed by atoms with Crippen LogP contribution >= 0.6 is 0 Å². The maximum atomic E-state index is 11.5. The molecule has 0 saturated carbocycles. The van der Waals surface area contributed by atoms with Crippen molar-refractivity contribution in [2.75, 3.05) is 32.7 Å². The zero-order chi connectivity index (χ0) is 16.7. The number of rotatable bonds is 8. The summed E-state index contributed by atoms with van der Waals surface area (Å²) in [6.45, 7) is 12.7. The quantitative estimate of drug-likeness (QED) is 0.800. The van der Waals surface area contributed by atoms with Gasteiger partial charge in [-0.25, -0.2) is 0 Å². The molecule has 4 nitrogen and oxygen atoms in total. The Bertz CT molecular complexity index is 501. The lowest BCUT2D eigenvalue weighted by Gasteiger charge is -2.36. The molecular formula is C19H33N3O. The van der Waals surface area contributed by atoms with Crippen molar-refractivity contribution in [2.45, 2.75) is 58.4 Å². The molecule has 1 aromatic rings. The van der Waals surface area contributed by atoms with Crippen molar-refractivity contribution in [1.29, 1.82) is 0 Å². The lowest BCUT2D eigenvalue weighted by atomic mass is 9.89. The van der Waals surface area contributed by atoms with Crippen LogP contribution in [0.2, 0.25) is 0 Å².